The Morgan fingerprint density at radius 1 is 1.14 bits per heavy atom. The first-order chi connectivity index (χ1) is 17.1. The molecule has 186 valence electrons. The summed E-state index contributed by atoms with van der Waals surface area (Å²) in [5.74, 6) is 0.927. The molecule has 0 unspecified atom stereocenters. The molecule has 4 heterocycles. The van der Waals surface area contributed by atoms with Crippen LogP contribution in [0.25, 0.3) is 10.2 Å². The van der Waals surface area contributed by atoms with Crippen LogP contribution in [-0.2, 0) is 6.42 Å². The number of aromatic nitrogens is 2. The fraction of sp³-hybridized carbons (Fsp3) is 0.519. The number of piperidine rings is 2. The van der Waals surface area contributed by atoms with Gasteiger partial charge in [0.05, 0.1) is 16.4 Å². The van der Waals surface area contributed by atoms with Gasteiger partial charge in [0.2, 0.25) is 0 Å². The van der Waals surface area contributed by atoms with Crippen molar-refractivity contribution >= 4 is 33.3 Å². The molecule has 2 fully saturated rings. The minimum absolute atomic E-state index is 0.109. The zero-order chi connectivity index (χ0) is 24.2. The first-order valence-electron chi connectivity index (χ1n) is 12.8. The number of aryl methyl sites for hydroxylation is 2. The monoisotopic (exact) mass is 493 g/mol. The number of likely N-dealkylation sites (tertiary alicyclic amines) is 2. The van der Waals surface area contributed by atoms with Crippen LogP contribution < -0.4 is 5.32 Å². The summed E-state index contributed by atoms with van der Waals surface area (Å²) in [6.07, 6.45) is 7.31. The van der Waals surface area contributed by atoms with Gasteiger partial charge in [-0.2, -0.15) is 0 Å². The fourth-order valence-corrected chi connectivity index (χ4v) is 6.56. The topological polar surface area (TPSA) is 81.6 Å². The number of fused-ring (bicyclic) bond motifs is 1. The predicted molar refractivity (Wildman–Crippen MR) is 141 cm³/mol. The summed E-state index contributed by atoms with van der Waals surface area (Å²) in [6, 6.07) is 11.0. The van der Waals surface area contributed by atoms with Crippen LogP contribution >= 0.6 is 11.3 Å². The molecule has 1 aromatic carbocycles. The van der Waals surface area contributed by atoms with Gasteiger partial charge >= 0.3 is 0 Å². The molecule has 2 saturated heterocycles. The van der Waals surface area contributed by atoms with E-state index < -0.39 is 0 Å². The maximum Gasteiger partial charge on any atom is 0.264 e. The molecule has 35 heavy (non-hydrogen) atoms. The molecular formula is C27H35N5O2S. The molecule has 1 atom stereocenters. The molecule has 1 amide bonds. The number of nitrogens with one attached hydrogen (secondary N) is 1. The van der Waals surface area contributed by atoms with Crippen molar-refractivity contribution < 1.29 is 9.90 Å². The van der Waals surface area contributed by atoms with E-state index in [1.165, 1.54) is 16.9 Å². The van der Waals surface area contributed by atoms with Crippen molar-refractivity contribution in [2.24, 2.45) is 0 Å². The number of aliphatic hydroxyl groups is 1. The number of carbonyl (C=O) groups is 1. The SMILES string of the molecule is Cc1c(C(=O)N2CCC(N3CCC[C@H](O)C3)CC2)sc2ncnc(NCCCc3ccccc3)c12. The lowest BCUT2D eigenvalue weighted by Crippen LogP contribution is -2.50. The highest BCUT2D eigenvalue weighted by Crippen LogP contribution is 2.34. The maximum absolute atomic E-state index is 13.5. The number of aliphatic hydroxyl groups excluding tert-OH is 1. The Morgan fingerprint density at radius 2 is 1.94 bits per heavy atom. The van der Waals surface area contributed by atoms with Gasteiger partial charge in [-0.3, -0.25) is 9.69 Å². The van der Waals surface area contributed by atoms with Crippen LogP contribution in [0.2, 0.25) is 0 Å². The number of β-amino-alcohol motifs (C(OH)–C–C–N with tert-alkyl or cyclic N) is 1. The molecule has 2 N–H and O–H groups in total. The van der Waals surface area contributed by atoms with Gasteiger partial charge in [0.15, 0.2) is 0 Å². The van der Waals surface area contributed by atoms with E-state index in [0.717, 1.165) is 97.7 Å². The van der Waals surface area contributed by atoms with Crippen molar-refractivity contribution in [3.05, 3.63) is 52.7 Å². The van der Waals surface area contributed by atoms with Gasteiger partial charge in [-0.15, -0.1) is 11.3 Å². The Morgan fingerprint density at radius 3 is 2.71 bits per heavy atom. The van der Waals surface area contributed by atoms with Crippen molar-refractivity contribution in [3.8, 4) is 0 Å². The molecule has 7 nitrogen and oxygen atoms in total. The van der Waals surface area contributed by atoms with Gasteiger partial charge in [0.25, 0.3) is 5.91 Å². The number of carbonyl (C=O) groups excluding carboxylic acids is 1. The summed E-state index contributed by atoms with van der Waals surface area (Å²) in [6.45, 7) is 6.20. The summed E-state index contributed by atoms with van der Waals surface area (Å²) < 4.78 is 0. The van der Waals surface area contributed by atoms with Crippen molar-refractivity contribution in [2.75, 3.05) is 38.0 Å². The van der Waals surface area contributed by atoms with E-state index >= 15 is 0 Å². The molecule has 2 aliphatic rings. The zero-order valence-electron chi connectivity index (χ0n) is 20.4. The highest BCUT2D eigenvalue weighted by Gasteiger charge is 2.31. The number of nitrogens with zero attached hydrogens (tertiary/aromatic N) is 4. The quantitative estimate of drug-likeness (QED) is 0.482. The second-order valence-corrected chi connectivity index (χ2v) is 10.8. The Kier molecular flexibility index (Phi) is 7.60. The number of thiophene rings is 1. The van der Waals surface area contributed by atoms with Crippen molar-refractivity contribution in [1.82, 2.24) is 19.8 Å². The normalized spacial score (nSPS) is 19.8. The van der Waals surface area contributed by atoms with Gasteiger partial charge in [0, 0.05) is 32.2 Å². The second kappa shape index (κ2) is 11.0. The molecule has 0 saturated carbocycles. The highest BCUT2D eigenvalue weighted by atomic mass is 32.1. The minimum atomic E-state index is -0.202. The Balaban J connectivity index is 1.22. The van der Waals surface area contributed by atoms with E-state index in [2.05, 4.69) is 44.5 Å². The predicted octanol–water partition coefficient (Wildman–Crippen LogP) is 4.11. The second-order valence-electron chi connectivity index (χ2n) is 9.79. The molecule has 2 aromatic heterocycles. The van der Waals surface area contributed by atoms with E-state index in [4.69, 9.17) is 0 Å². The first-order valence-corrected chi connectivity index (χ1v) is 13.6. The van der Waals surface area contributed by atoms with Crippen LogP contribution in [0.3, 0.4) is 0 Å². The molecule has 8 heteroatoms. The van der Waals surface area contributed by atoms with E-state index in [0.29, 0.717) is 6.04 Å². The Hall–Kier alpha value is -2.55. The Labute approximate surface area is 211 Å². The number of hydrogen-bond acceptors (Lipinski definition) is 7. The zero-order valence-corrected chi connectivity index (χ0v) is 21.3. The third-order valence-corrected chi connectivity index (χ3v) is 8.58. The summed E-state index contributed by atoms with van der Waals surface area (Å²) in [5, 5.41) is 14.5. The lowest BCUT2D eigenvalue weighted by Gasteiger charge is -2.41. The van der Waals surface area contributed by atoms with Gasteiger partial charge < -0.3 is 15.3 Å². The maximum atomic E-state index is 13.5. The molecule has 5 rings (SSSR count). The van der Waals surface area contributed by atoms with Crippen LogP contribution in [-0.4, -0.2) is 75.7 Å². The molecule has 2 aliphatic heterocycles. The number of amides is 1. The minimum Gasteiger partial charge on any atom is -0.392 e. The van der Waals surface area contributed by atoms with Gasteiger partial charge in [-0.25, -0.2) is 9.97 Å². The first kappa shape index (κ1) is 24.2. The van der Waals surface area contributed by atoms with E-state index in [1.807, 2.05) is 17.9 Å². The third-order valence-electron chi connectivity index (χ3n) is 7.39. The van der Waals surface area contributed by atoms with Crippen molar-refractivity contribution in [2.45, 2.75) is 57.6 Å². The number of benzene rings is 1. The summed E-state index contributed by atoms with van der Waals surface area (Å²) >= 11 is 1.48. The van der Waals surface area contributed by atoms with Crippen LogP contribution in [0.1, 0.15) is 52.9 Å². The van der Waals surface area contributed by atoms with Crippen LogP contribution in [0.4, 0.5) is 5.82 Å². The average Bonchev–Trinajstić information content (AvgIpc) is 3.24. The molecule has 0 spiro atoms. The lowest BCUT2D eigenvalue weighted by atomic mass is 9.98. The number of anilines is 1. The molecule has 0 bridgehead atoms. The lowest BCUT2D eigenvalue weighted by molar-refractivity contribution is 0.0241. The molecule has 0 radical (unpaired) electrons. The van der Waals surface area contributed by atoms with E-state index in [1.54, 1.807) is 6.33 Å². The van der Waals surface area contributed by atoms with Crippen LogP contribution in [0, 0.1) is 6.92 Å². The van der Waals surface area contributed by atoms with E-state index in [9.17, 15) is 9.90 Å². The van der Waals surface area contributed by atoms with E-state index in [-0.39, 0.29) is 12.0 Å². The van der Waals surface area contributed by atoms with Crippen LogP contribution in [0.5, 0.6) is 0 Å². The molecular weight excluding hydrogens is 458 g/mol. The van der Waals surface area contributed by atoms with Crippen LogP contribution in [0.15, 0.2) is 36.7 Å². The average molecular weight is 494 g/mol. The van der Waals surface area contributed by atoms with Gasteiger partial charge in [-0.05, 0) is 63.1 Å². The summed E-state index contributed by atoms with van der Waals surface area (Å²) in [7, 11) is 0. The van der Waals surface area contributed by atoms with Gasteiger partial charge in [-0.1, -0.05) is 30.3 Å². The highest BCUT2D eigenvalue weighted by molar-refractivity contribution is 7.20. The largest absolute Gasteiger partial charge is 0.392 e. The fourth-order valence-electron chi connectivity index (χ4n) is 5.45. The Bertz CT molecular complexity index is 1140. The molecule has 0 aliphatic carbocycles. The number of rotatable bonds is 7. The summed E-state index contributed by atoms with van der Waals surface area (Å²) in [5.41, 5.74) is 2.31. The molecule has 3 aromatic rings. The third kappa shape index (κ3) is 5.50. The van der Waals surface area contributed by atoms with Crippen molar-refractivity contribution in [1.29, 1.82) is 0 Å². The van der Waals surface area contributed by atoms with Crippen molar-refractivity contribution in [3.63, 3.8) is 0 Å². The number of hydrogen-bond donors (Lipinski definition) is 2. The standard InChI is InChI=1S/C27H35N5O2S/c1-19-23-25(28-13-5-9-20-7-3-2-4-8-20)29-18-30-26(23)35-24(19)27(34)31-15-11-21(12-16-31)32-14-6-10-22(33)17-32/h2-4,7-8,18,21-22,33H,5-6,9-17H2,1H3,(H,28,29,30)/t22-/m0/s1. The van der Waals surface area contributed by atoms with Gasteiger partial charge in [0.1, 0.15) is 17.0 Å². The summed E-state index contributed by atoms with van der Waals surface area (Å²) in [4.78, 5) is 28.5. The smallest absolute Gasteiger partial charge is 0.264 e.